The molecule has 0 unspecified atom stereocenters. The number of benzene rings is 1. The van der Waals surface area contributed by atoms with Crippen LogP contribution in [0.2, 0.25) is 0 Å². The predicted octanol–water partition coefficient (Wildman–Crippen LogP) is 3.33. The van der Waals surface area contributed by atoms with Gasteiger partial charge in [-0.3, -0.25) is 4.79 Å². The maximum Gasteiger partial charge on any atom is 0.243 e. The predicted molar refractivity (Wildman–Crippen MR) is 137 cm³/mol. The number of likely N-dealkylation sites (N-methyl/N-ethyl adjacent to an activating group) is 1. The van der Waals surface area contributed by atoms with Crippen LogP contribution in [0.4, 0.5) is 0 Å². The molecule has 1 fully saturated rings. The molecule has 8 heteroatoms. The molecule has 31 heavy (non-hydrogen) atoms. The number of guanidine groups is 1. The minimum atomic E-state index is -0.0398. The van der Waals surface area contributed by atoms with Crippen LogP contribution in [0.5, 0.6) is 11.5 Å². The third kappa shape index (κ3) is 7.59. The average Bonchev–Trinajstić information content (AvgIpc) is 2.78. The first-order valence-electron chi connectivity index (χ1n) is 10.5. The lowest BCUT2D eigenvalue weighted by Gasteiger charge is -2.38. The van der Waals surface area contributed by atoms with Crippen molar-refractivity contribution in [2.75, 3.05) is 47.9 Å². The van der Waals surface area contributed by atoms with Crippen molar-refractivity contribution in [2.24, 2.45) is 4.99 Å². The molecule has 174 valence electrons. The van der Waals surface area contributed by atoms with Gasteiger partial charge in [-0.05, 0) is 30.5 Å². The molecule has 2 rings (SSSR count). The van der Waals surface area contributed by atoms with Gasteiger partial charge in [0.25, 0.3) is 0 Å². The molecule has 1 aliphatic rings. The lowest BCUT2D eigenvalue weighted by molar-refractivity contribution is -0.127. The second-order valence-corrected chi connectivity index (χ2v) is 7.89. The molecule has 0 spiro atoms. The van der Waals surface area contributed by atoms with Gasteiger partial charge >= 0.3 is 0 Å². The van der Waals surface area contributed by atoms with Crippen LogP contribution >= 0.6 is 24.0 Å². The molecule has 2 N–H and O–H groups in total. The molecular weight excluding hydrogens is 507 g/mol. The molecule has 0 aliphatic heterocycles. The monoisotopic (exact) mass is 544 g/mol. The topological polar surface area (TPSA) is 75.2 Å². The number of amides is 1. The first-order chi connectivity index (χ1) is 14.5. The molecular formula is C23H37IN4O3. The van der Waals surface area contributed by atoms with Crippen molar-refractivity contribution in [3.8, 4) is 11.5 Å². The van der Waals surface area contributed by atoms with E-state index in [9.17, 15) is 4.79 Å². The minimum Gasteiger partial charge on any atom is -0.493 e. The molecule has 1 amide bonds. The summed E-state index contributed by atoms with van der Waals surface area (Å²) in [7, 11) is 6.78. The number of hydrogen-bond acceptors (Lipinski definition) is 4. The molecule has 0 radical (unpaired) electrons. The number of nitrogens with zero attached hydrogens (tertiary/aromatic N) is 2. The van der Waals surface area contributed by atoms with E-state index in [2.05, 4.69) is 34.3 Å². The highest BCUT2D eigenvalue weighted by Crippen LogP contribution is 2.42. The van der Waals surface area contributed by atoms with E-state index in [1.807, 2.05) is 6.07 Å². The Labute approximate surface area is 203 Å². The highest BCUT2D eigenvalue weighted by Gasteiger charge is 2.34. The molecule has 0 bridgehead atoms. The Hall–Kier alpha value is -1.97. The van der Waals surface area contributed by atoms with Gasteiger partial charge in [0.1, 0.15) is 6.54 Å². The Morgan fingerprint density at radius 1 is 1.16 bits per heavy atom. The first kappa shape index (κ1) is 27.1. The SMILES string of the molecule is C=CCNC(=NCC(=O)N(C)C)NCC1(c2ccc(OC)c(OC)c2)CCCCC1.I. The van der Waals surface area contributed by atoms with Gasteiger partial charge in [0.05, 0.1) is 14.2 Å². The first-order valence-corrected chi connectivity index (χ1v) is 10.5. The number of carbonyl (C=O) groups is 1. The summed E-state index contributed by atoms with van der Waals surface area (Å²) in [5.74, 6) is 2.06. The maximum absolute atomic E-state index is 12.0. The van der Waals surface area contributed by atoms with Crippen molar-refractivity contribution in [1.82, 2.24) is 15.5 Å². The Balaban J connectivity index is 0.00000480. The lowest BCUT2D eigenvalue weighted by Crippen LogP contribution is -2.47. The summed E-state index contributed by atoms with van der Waals surface area (Å²) in [6.07, 6.45) is 7.56. The summed E-state index contributed by atoms with van der Waals surface area (Å²) < 4.78 is 11.0. The summed E-state index contributed by atoms with van der Waals surface area (Å²) in [5, 5.41) is 6.69. The number of rotatable bonds is 9. The van der Waals surface area contributed by atoms with Crippen molar-refractivity contribution in [3.63, 3.8) is 0 Å². The molecule has 0 atom stereocenters. The van der Waals surface area contributed by atoms with Crippen molar-refractivity contribution in [1.29, 1.82) is 0 Å². The van der Waals surface area contributed by atoms with Crippen LogP contribution in [0.25, 0.3) is 0 Å². The molecule has 1 aromatic rings. The summed E-state index contributed by atoms with van der Waals surface area (Å²) in [6.45, 7) is 5.16. The Morgan fingerprint density at radius 2 is 1.84 bits per heavy atom. The summed E-state index contributed by atoms with van der Waals surface area (Å²) in [4.78, 5) is 18.0. The fraction of sp³-hybridized carbons (Fsp3) is 0.565. The fourth-order valence-electron chi connectivity index (χ4n) is 3.85. The normalized spacial score (nSPS) is 15.3. The summed E-state index contributed by atoms with van der Waals surface area (Å²) in [5.41, 5.74) is 1.21. The zero-order chi connectivity index (χ0) is 22.0. The van der Waals surface area contributed by atoms with Crippen molar-refractivity contribution < 1.29 is 14.3 Å². The highest BCUT2D eigenvalue weighted by atomic mass is 127. The maximum atomic E-state index is 12.0. The van der Waals surface area contributed by atoms with Crippen LogP contribution in [0, 0.1) is 0 Å². The molecule has 7 nitrogen and oxygen atoms in total. The Kier molecular flexibility index (Phi) is 11.7. The lowest BCUT2D eigenvalue weighted by atomic mass is 9.69. The number of carbonyl (C=O) groups excluding carboxylic acids is 1. The molecule has 0 saturated heterocycles. The van der Waals surface area contributed by atoms with E-state index < -0.39 is 0 Å². The zero-order valence-electron chi connectivity index (χ0n) is 19.2. The van der Waals surface area contributed by atoms with E-state index in [4.69, 9.17) is 9.47 Å². The van der Waals surface area contributed by atoms with Crippen LogP contribution < -0.4 is 20.1 Å². The van der Waals surface area contributed by atoms with E-state index in [0.717, 1.165) is 30.9 Å². The number of hydrogen-bond donors (Lipinski definition) is 2. The van der Waals surface area contributed by atoms with Crippen LogP contribution in [0.3, 0.4) is 0 Å². The van der Waals surface area contributed by atoms with Gasteiger partial charge in [-0.15, -0.1) is 30.6 Å². The van der Waals surface area contributed by atoms with Gasteiger partial charge in [0, 0.05) is 32.6 Å². The molecule has 0 aromatic heterocycles. The number of halogens is 1. The van der Waals surface area contributed by atoms with Crippen LogP contribution in [-0.2, 0) is 10.2 Å². The van der Waals surface area contributed by atoms with Crippen LogP contribution in [0.15, 0.2) is 35.8 Å². The summed E-state index contributed by atoms with van der Waals surface area (Å²) in [6, 6.07) is 6.21. The highest BCUT2D eigenvalue weighted by molar-refractivity contribution is 14.0. The van der Waals surface area contributed by atoms with Gasteiger partial charge in [0.15, 0.2) is 17.5 Å². The van der Waals surface area contributed by atoms with Gasteiger partial charge in [0.2, 0.25) is 5.91 Å². The van der Waals surface area contributed by atoms with Gasteiger partial charge in [-0.2, -0.15) is 0 Å². The van der Waals surface area contributed by atoms with E-state index in [1.165, 1.54) is 24.8 Å². The second-order valence-electron chi connectivity index (χ2n) is 7.89. The van der Waals surface area contributed by atoms with Crippen molar-refractivity contribution >= 4 is 35.8 Å². The van der Waals surface area contributed by atoms with E-state index in [0.29, 0.717) is 12.5 Å². The van der Waals surface area contributed by atoms with Gasteiger partial charge in [-0.1, -0.05) is 31.4 Å². The standard InChI is InChI=1S/C23H36N4O3.HI/c1-6-14-24-22(25-16-21(28)27(2)3)26-17-23(12-8-7-9-13-23)18-10-11-19(29-4)20(15-18)30-5;/h6,10-11,15H,1,7-9,12-14,16-17H2,2-5H3,(H2,24,25,26);1H. The van der Waals surface area contributed by atoms with Crippen LogP contribution in [-0.4, -0.2) is 64.7 Å². The average molecular weight is 544 g/mol. The molecule has 1 aromatic carbocycles. The van der Waals surface area contributed by atoms with Crippen LogP contribution in [0.1, 0.15) is 37.7 Å². The smallest absolute Gasteiger partial charge is 0.243 e. The third-order valence-electron chi connectivity index (χ3n) is 5.69. The van der Waals surface area contributed by atoms with E-state index in [-0.39, 0.29) is 41.8 Å². The molecule has 1 aliphatic carbocycles. The molecule has 1 saturated carbocycles. The number of nitrogens with one attached hydrogen (secondary N) is 2. The molecule has 0 heterocycles. The summed E-state index contributed by atoms with van der Waals surface area (Å²) >= 11 is 0. The Morgan fingerprint density at radius 3 is 2.42 bits per heavy atom. The number of ether oxygens (including phenoxy) is 2. The second kappa shape index (κ2) is 13.4. The van der Waals surface area contributed by atoms with E-state index >= 15 is 0 Å². The minimum absolute atomic E-state index is 0. The van der Waals surface area contributed by atoms with Crippen molar-refractivity contribution in [3.05, 3.63) is 36.4 Å². The van der Waals surface area contributed by atoms with E-state index in [1.54, 1.807) is 39.3 Å². The fourth-order valence-corrected chi connectivity index (χ4v) is 3.85. The quantitative estimate of drug-likeness (QED) is 0.216. The number of methoxy groups -OCH3 is 2. The number of aliphatic imine (C=N–C) groups is 1. The van der Waals surface area contributed by atoms with Gasteiger partial charge < -0.3 is 25.0 Å². The largest absolute Gasteiger partial charge is 0.493 e. The van der Waals surface area contributed by atoms with Crippen molar-refractivity contribution in [2.45, 2.75) is 37.5 Å². The third-order valence-corrected chi connectivity index (χ3v) is 5.69. The van der Waals surface area contributed by atoms with Gasteiger partial charge in [-0.25, -0.2) is 4.99 Å². The zero-order valence-corrected chi connectivity index (χ0v) is 21.5. The Bertz CT molecular complexity index is 746.